The van der Waals surface area contributed by atoms with E-state index in [9.17, 15) is 9.18 Å². The summed E-state index contributed by atoms with van der Waals surface area (Å²) in [6, 6.07) is 18.1. The maximum atomic E-state index is 13.1. The van der Waals surface area contributed by atoms with Crippen molar-refractivity contribution in [2.45, 2.75) is 39.3 Å². The van der Waals surface area contributed by atoms with Crippen LogP contribution in [0.3, 0.4) is 0 Å². The predicted molar refractivity (Wildman–Crippen MR) is 112 cm³/mol. The fourth-order valence-corrected chi connectivity index (χ4v) is 3.41. The van der Waals surface area contributed by atoms with Gasteiger partial charge in [0.05, 0.1) is 5.56 Å². The summed E-state index contributed by atoms with van der Waals surface area (Å²) in [5.74, 6) is -0.557. The van der Waals surface area contributed by atoms with Crippen LogP contribution in [0.4, 0.5) is 4.39 Å². The highest BCUT2D eigenvalue weighted by Crippen LogP contribution is 2.20. The standard InChI is InChI=1S/C24H27FN2O2/c1-18-23(24(28)29-17-20-6-3-2-4-7-20)16-22(8-5-14-26)27(18)15-13-19-9-11-21(25)12-10-19/h2-4,6-7,9-12,16H,5,8,13-15,17,26H2,1H3. The first kappa shape index (κ1) is 20.8. The van der Waals surface area contributed by atoms with Gasteiger partial charge in [-0.1, -0.05) is 42.5 Å². The van der Waals surface area contributed by atoms with E-state index in [0.29, 0.717) is 18.7 Å². The first-order valence-corrected chi connectivity index (χ1v) is 9.93. The van der Waals surface area contributed by atoms with Crippen molar-refractivity contribution in [3.63, 3.8) is 0 Å². The van der Waals surface area contributed by atoms with Crippen molar-refractivity contribution in [2.24, 2.45) is 5.73 Å². The van der Waals surface area contributed by atoms with Crippen LogP contribution in [0, 0.1) is 12.7 Å². The number of ether oxygens (including phenoxy) is 1. The van der Waals surface area contributed by atoms with E-state index in [1.807, 2.05) is 43.3 Å². The third-order valence-electron chi connectivity index (χ3n) is 5.06. The third kappa shape index (κ3) is 5.55. The number of nitrogens with two attached hydrogens (primary N) is 1. The molecular formula is C24H27FN2O2. The molecule has 152 valence electrons. The van der Waals surface area contributed by atoms with Crippen molar-refractivity contribution in [1.82, 2.24) is 4.57 Å². The monoisotopic (exact) mass is 394 g/mol. The Bertz CT molecular complexity index is 934. The summed E-state index contributed by atoms with van der Waals surface area (Å²) in [6.45, 7) is 3.49. The number of carbonyl (C=O) groups is 1. The molecule has 0 atom stereocenters. The van der Waals surface area contributed by atoms with E-state index >= 15 is 0 Å². The molecule has 0 radical (unpaired) electrons. The molecule has 0 aliphatic rings. The Morgan fingerprint density at radius 1 is 1.03 bits per heavy atom. The molecular weight excluding hydrogens is 367 g/mol. The lowest BCUT2D eigenvalue weighted by Gasteiger charge is -2.12. The molecule has 0 aliphatic carbocycles. The Labute approximate surface area is 171 Å². The minimum Gasteiger partial charge on any atom is -0.457 e. The largest absolute Gasteiger partial charge is 0.457 e. The van der Waals surface area contributed by atoms with E-state index in [2.05, 4.69) is 4.57 Å². The third-order valence-corrected chi connectivity index (χ3v) is 5.06. The van der Waals surface area contributed by atoms with Gasteiger partial charge in [-0.3, -0.25) is 0 Å². The molecule has 0 spiro atoms. The van der Waals surface area contributed by atoms with Gasteiger partial charge in [-0.2, -0.15) is 0 Å². The Balaban J connectivity index is 1.74. The zero-order valence-corrected chi connectivity index (χ0v) is 16.7. The fraction of sp³-hybridized carbons (Fsp3) is 0.292. The Morgan fingerprint density at radius 2 is 1.76 bits per heavy atom. The van der Waals surface area contributed by atoms with Crippen LogP contribution >= 0.6 is 0 Å². The number of carbonyl (C=O) groups excluding carboxylic acids is 1. The van der Waals surface area contributed by atoms with Gasteiger partial charge >= 0.3 is 5.97 Å². The number of aryl methyl sites for hydroxylation is 2. The van der Waals surface area contributed by atoms with Gasteiger partial charge in [-0.05, 0) is 62.1 Å². The lowest BCUT2D eigenvalue weighted by atomic mass is 10.1. The van der Waals surface area contributed by atoms with E-state index in [-0.39, 0.29) is 18.4 Å². The molecule has 0 fully saturated rings. The average molecular weight is 394 g/mol. The number of esters is 1. The molecule has 0 saturated carbocycles. The number of hydrogen-bond acceptors (Lipinski definition) is 3. The molecule has 0 bridgehead atoms. The van der Waals surface area contributed by atoms with Crippen LogP contribution < -0.4 is 5.73 Å². The molecule has 2 aromatic carbocycles. The zero-order chi connectivity index (χ0) is 20.6. The van der Waals surface area contributed by atoms with Gasteiger partial charge in [0.25, 0.3) is 0 Å². The maximum absolute atomic E-state index is 13.1. The molecule has 2 N–H and O–H groups in total. The molecule has 0 amide bonds. The lowest BCUT2D eigenvalue weighted by molar-refractivity contribution is 0.0471. The summed E-state index contributed by atoms with van der Waals surface area (Å²) in [6.07, 6.45) is 2.40. The van der Waals surface area contributed by atoms with Gasteiger partial charge < -0.3 is 15.0 Å². The summed E-state index contributed by atoms with van der Waals surface area (Å²) in [7, 11) is 0. The van der Waals surface area contributed by atoms with Crippen molar-refractivity contribution < 1.29 is 13.9 Å². The fourth-order valence-electron chi connectivity index (χ4n) is 3.41. The highest BCUT2D eigenvalue weighted by Gasteiger charge is 2.18. The Kier molecular flexibility index (Phi) is 7.19. The van der Waals surface area contributed by atoms with E-state index < -0.39 is 0 Å². The molecule has 0 unspecified atom stereocenters. The number of hydrogen-bond donors (Lipinski definition) is 1. The van der Waals surface area contributed by atoms with Crippen molar-refractivity contribution in [1.29, 1.82) is 0 Å². The second-order valence-electron chi connectivity index (χ2n) is 7.12. The molecule has 5 heteroatoms. The Morgan fingerprint density at radius 3 is 2.45 bits per heavy atom. The van der Waals surface area contributed by atoms with Crippen LogP contribution in [0.1, 0.15) is 39.3 Å². The molecule has 0 aliphatic heterocycles. The number of benzene rings is 2. The second-order valence-corrected chi connectivity index (χ2v) is 7.12. The normalized spacial score (nSPS) is 10.9. The first-order valence-electron chi connectivity index (χ1n) is 9.93. The van der Waals surface area contributed by atoms with Crippen LogP contribution in [0.25, 0.3) is 0 Å². The summed E-state index contributed by atoms with van der Waals surface area (Å²) in [5, 5.41) is 0. The molecule has 3 aromatic rings. The first-order chi connectivity index (χ1) is 14.1. The minimum absolute atomic E-state index is 0.238. The van der Waals surface area contributed by atoms with Crippen LogP contribution in [0.15, 0.2) is 60.7 Å². The van der Waals surface area contributed by atoms with Crippen molar-refractivity contribution >= 4 is 5.97 Å². The maximum Gasteiger partial charge on any atom is 0.340 e. The molecule has 0 saturated heterocycles. The van der Waals surface area contributed by atoms with Crippen LogP contribution in [-0.2, 0) is 30.7 Å². The molecule has 1 heterocycles. The topological polar surface area (TPSA) is 57.2 Å². The molecule has 3 rings (SSSR count). The Hall–Kier alpha value is -2.92. The molecule has 29 heavy (non-hydrogen) atoms. The summed E-state index contributed by atoms with van der Waals surface area (Å²) in [4.78, 5) is 12.7. The molecule has 4 nitrogen and oxygen atoms in total. The van der Waals surface area contributed by atoms with Crippen LogP contribution in [0.2, 0.25) is 0 Å². The second kappa shape index (κ2) is 10.0. The van der Waals surface area contributed by atoms with E-state index in [1.165, 1.54) is 12.1 Å². The summed E-state index contributed by atoms with van der Waals surface area (Å²) < 4.78 is 20.8. The van der Waals surface area contributed by atoms with E-state index in [0.717, 1.165) is 41.8 Å². The van der Waals surface area contributed by atoms with Gasteiger partial charge in [-0.25, -0.2) is 9.18 Å². The van der Waals surface area contributed by atoms with Crippen molar-refractivity contribution in [2.75, 3.05) is 6.54 Å². The van der Waals surface area contributed by atoms with E-state index in [4.69, 9.17) is 10.5 Å². The highest BCUT2D eigenvalue weighted by atomic mass is 19.1. The van der Waals surface area contributed by atoms with Crippen molar-refractivity contribution in [3.05, 3.63) is 94.6 Å². The smallest absolute Gasteiger partial charge is 0.340 e. The van der Waals surface area contributed by atoms with Crippen LogP contribution in [0.5, 0.6) is 0 Å². The number of rotatable bonds is 9. The SMILES string of the molecule is Cc1c(C(=O)OCc2ccccc2)cc(CCCN)n1CCc1ccc(F)cc1. The minimum atomic E-state index is -0.319. The van der Waals surface area contributed by atoms with Gasteiger partial charge in [0.2, 0.25) is 0 Å². The number of halogens is 1. The lowest BCUT2D eigenvalue weighted by Crippen LogP contribution is -2.11. The number of nitrogens with zero attached hydrogens (tertiary/aromatic N) is 1. The van der Waals surface area contributed by atoms with Gasteiger partial charge in [0, 0.05) is 17.9 Å². The summed E-state index contributed by atoms with van der Waals surface area (Å²) in [5.41, 5.74) is 10.2. The predicted octanol–water partition coefficient (Wildman–Crippen LogP) is 4.43. The van der Waals surface area contributed by atoms with E-state index in [1.54, 1.807) is 12.1 Å². The van der Waals surface area contributed by atoms with Gasteiger partial charge in [0.1, 0.15) is 12.4 Å². The number of aromatic nitrogens is 1. The highest BCUT2D eigenvalue weighted by molar-refractivity contribution is 5.91. The summed E-state index contributed by atoms with van der Waals surface area (Å²) >= 11 is 0. The quantitative estimate of drug-likeness (QED) is 0.547. The zero-order valence-electron chi connectivity index (χ0n) is 16.7. The van der Waals surface area contributed by atoms with Gasteiger partial charge in [0.15, 0.2) is 0 Å². The van der Waals surface area contributed by atoms with Crippen LogP contribution in [-0.4, -0.2) is 17.1 Å². The van der Waals surface area contributed by atoms with Crippen molar-refractivity contribution in [3.8, 4) is 0 Å². The molecule has 1 aromatic heterocycles. The average Bonchev–Trinajstić information content (AvgIpc) is 3.06. The van der Waals surface area contributed by atoms with Gasteiger partial charge in [-0.15, -0.1) is 0 Å².